The van der Waals surface area contributed by atoms with Gasteiger partial charge in [-0.15, -0.1) is 10.2 Å². The van der Waals surface area contributed by atoms with Crippen LogP contribution in [0.1, 0.15) is 45.5 Å². The summed E-state index contributed by atoms with van der Waals surface area (Å²) in [6.45, 7) is 2.10. The predicted octanol–water partition coefficient (Wildman–Crippen LogP) is 5.59. The molecule has 234 valence electrons. The van der Waals surface area contributed by atoms with Gasteiger partial charge in [-0.2, -0.15) is 5.10 Å². The van der Waals surface area contributed by atoms with Gasteiger partial charge in [0.1, 0.15) is 11.5 Å². The molecule has 1 atom stereocenters. The third kappa shape index (κ3) is 6.52. The number of ether oxygens (including phenoxy) is 2. The average Bonchev–Trinajstić information content (AvgIpc) is 3.87. The molecule has 12 heteroatoms. The lowest BCUT2D eigenvalue weighted by Gasteiger charge is -2.22. The highest BCUT2D eigenvalue weighted by atomic mass is 32.2. The minimum absolute atomic E-state index is 0.0494. The minimum atomic E-state index is -0.384. The summed E-state index contributed by atoms with van der Waals surface area (Å²) in [7, 11) is 3.21. The molecule has 2 amide bonds. The lowest BCUT2D eigenvalue weighted by atomic mass is 9.97. The number of furan rings is 1. The molecule has 3 aromatic carbocycles. The Labute approximate surface area is 270 Å². The summed E-state index contributed by atoms with van der Waals surface area (Å²) in [5.41, 5.74) is 4.56. The first-order valence-corrected chi connectivity index (χ1v) is 15.6. The average molecular weight is 637 g/mol. The number of hydrazone groups is 1. The summed E-state index contributed by atoms with van der Waals surface area (Å²) in [4.78, 5) is 26.5. The van der Waals surface area contributed by atoms with Crippen LogP contribution in [0.4, 0.5) is 0 Å². The maximum atomic E-state index is 13.9. The van der Waals surface area contributed by atoms with Crippen molar-refractivity contribution in [2.75, 3.05) is 20.0 Å². The van der Waals surface area contributed by atoms with Crippen molar-refractivity contribution in [3.63, 3.8) is 0 Å². The molecular weight excluding hydrogens is 604 g/mol. The lowest BCUT2D eigenvalue weighted by Crippen LogP contribution is -2.28. The largest absolute Gasteiger partial charge is 0.497 e. The van der Waals surface area contributed by atoms with Crippen molar-refractivity contribution in [3.05, 3.63) is 119 Å². The number of benzene rings is 3. The molecule has 5 aromatic rings. The molecule has 0 bridgehead atoms. The summed E-state index contributed by atoms with van der Waals surface area (Å²) in [5.74, 6) is 1.47. The van der Waals surface area contributed by atoms with Crippen LogP contribution in [0.3, 0.4) is 0 Å². The molecule has 0 unspecified atom stereocenters. The van der Waals surface area contributed by atoms with Gasteiger partial charge in [0, 0.05) is 6.42 Å². The summed E-state index contributed by atoms with van der Waals surface area (Å²) in [6.07, 6.45) is 2.01. The predicted molar refractivity (Wildman–Crippen MR) is 173 cm³/mol. The first-order chi connectivity index (χ1) is 22.4. The van der Waals surface area contributed by atoms with Gasteiger partial charge in [-0.1, -0.05) is 53.7 Å². The Morgan fingerprint density at radius 2 is 1.74 bits per heavy atom. The minimum Gasteiger partial charge on any atom is -0.497 e. The zero-order valence-electron chi connectivity index (χ0n) is 25.5. The normalized spacial score (nSPS) is 14.2. The molecule has 6 rings (SSSR count). The van der Waals surface area contributed by atoms with Gasteiger partial charge in [0.2, 0.25) is 0 Å². The molecule has 0 saturated carbocycles. The number of nitrogens with zero attached hydrogens (tertiary/aromatic N) is 5. The standard InChI is InChI=1S/C34H32N6O5S/c1-22-10-12-24(13-11-22)28-19-26(23-14-16-25(43-2)17-15-23)38-40(28)32(41)21-46-34-37-36-31(20-35-33(42)30-9-6-18-45-30)39(34)27-7-4-5-8-29(27)44-3/h4-18,28H,19-21H2,1-3H3,(H,35,42)/t28-/m0/s1. The number of aryl methyl sites for hydroxylation is 1. The Balaban J connectivity index is 1.27. The summed E-state index contributed by atoms with van der Waals surface area (Å²) in [5, 5.41) is 18.4. The number of nitrogens with one attached hydrogen (secondary N) is 1. The van der Waals surface area contributed by atoms with E-state index in [9.17, 15) is 9.59 Å². The SMILES string of the molecule is COc1ccc(C2=NN(C(=O)CSc3nnc(CNC(=O)c4ccco4)n3-c3ccccc3OC)[C@H](c3ccc(C)cc3)C2)cc1. The van der Waals surface area contributed by atoms with E-state index < -0.39 is 0 Å². The Bertz CT molecular complexity index is 1850. The van der Waals surface area contributed by atoms with Crippen molar-refractivity contribution in [1.29, 1.82) is 0 Å². The van der Waals surface area contributed by atoms with Crippen LogP contribution in [0, 0.1) is 6.92 Å². The lowest BCUT2D eigenvalue weighted by molar-refractivity contribution is -0.130. The van der Waals surface area contributed by atoms with E-state index in [0.717, 1.165) is 28.2 Å². The highest BCUT2D eigenvalue weighted by Gasteiger charge is 2.33. The fourth-order valence-corrected chi connectivity index (χ4v) is 5.97. The van der Waals surface area contributed by atoms with Crippen LogP contribution in [0.25, 0.3) is 5.69 Å². The molecule has 0 radical (unpaired) electrons. The Kier molecular flexibility index (Phi) is 9.15. The topological polar surface area (TPSA) is 124 Å². The van der Waals surface area contributed by atoms with Crippen LogP contribution < -0.4 is 14.8 Å². The fourth-order valence-electron chi connectivity index (χ4n) is 5.16. The third-order valence-corrected chi connectivity index (χ3v) is 8.47. The highest BCUT2D eigenvalue weighted by molar-refractivity contribution is 7.99. The Hall–Kier alpha value is -5.36. The van der Waals surface area contributed by atoms with Gasteiger partial charge in [0.25, 0.3) is 11.8 Å². The van der Waals surface area contributed by atoms with Crippen LogP contribution >= 0.6 is 11.8 Å². The van der Waals surface area contributed by atoms with Crippen LogP contribution in [-0.4, -0.2) is 57.3 Å². The Morgan fingerprint density at radius 1 is 0.957 bits per heavy atom. The van der Waals surface area contributed by atoms with Crippen LogP contribution in [-0.2, 0) is 11.3 Å². The Morgan fingerprint density at radius 3 is 2.46 bits per heavy atom. The van der Waals surface area contributed by atoms with Crippen molar-refractivity contribution in [3.8, 4) is 17.2 Å². The van der Waals surface area contributed by atoms with Gasteiger partial charge in [-0.05, 0) is 66.6 Å². The second-order valence-corrected chi connectivity index (χ2v) is 11.4. The second kappa shape index (κ2) is 13.7. The van der Waals surface area contributed by atoms with E-state index in [0.29, 0.717) is 28.8 Å². The van der Waals surface area contributed by atoms with Crippen molar-refractivity contribution >= 4 is 29.3 Å². The van der Waals surface area contributed by atoms with E-state index in [1.807, 2.05) is 79.7 Å². The summed E-state index contributed by atoms with van der Waals surface area (Å²) in [6, 6.07) is 26.2. The first-order valence-electron chi connectivity index (χ1n) is 14.6. The molecule has 3 heterocycles. The van der Waals surface area contributed by atoms with Gasteiger partial charge in [0.05, 0.1) is 50.2 Å². The monoisotopic (exact) mass is 636 g/mol. The van der Waals surface area contributed by atoms with Gasteiger partial charge < -0.3 is 19.2 Å². The highest BCUT2D eigenvalue weighted by Crippen LogP contribution is 2.35. The molecule has 0 spiro atoms. The zero-order valence-corrected chi connectivity index (χ0v) is 26.4. The van der Waals surface area contributed by atoms with E-state index >= 15 is 0 Å². The molecule has 0 aliphatic carbocycles. The zero-order chi connectivity index (χ0) is 32.0. The number of rotatable bonds is 11. The van der Waals surface area contributed by atoms with Gasteiger partial charge in [-0.25, -0.2) is 5.01 Å². The second-order valence-electron chi connectivity index (χ2n) is 10.5. The van der Waals surface area contributed by atoms with E-state index in [4.69, 9.17) is 19.0 Å². The maximum Gasteiger partial charge on any atom is 0.287 e. The summed E-state index contributed by atoms with van der Waals surface area (Å²) < 4.78 is 17.9. The first kappa shape index (κ1) is 30.7. The van der Waals surface area contributed by atoms with Crippen LogP contribution in [0.5, 0.6) is 11.5 Å². The van der Waals surface area contributed by atoms with E-state index in [1.54, 1.807) is 35.9 Å². The van der Waals surface area contributed by atoms with Gasteiger partial charge in [0.15, 0.2) is 16.7 Å². The van der Waals surface area contributed by atoms with Crippen molar-refractivity contribution < 1.29 is 23.5 Å². The molecule has 1 N–H and O–H groups in total. The smallest absolute Gasteiger partial charge is 0.287 e. The number of para-hydroxylation sites is 2. The van der Waals surface area contributed by atoms with Crippen LogP contribution in [0.2, 0.25) is 0 Å². The molecule has 0 saturated heterocycles. The number of hydrogen-bond acceptors (Lipinski definition) is 9. The number of hydrogen-bond donors (Lipinski definition) is 1. The third-order valence-electron chi connectivity index (χ3n) is 7.55. The van der Waals surface area contributed by atoms with Crippen LogP contribution in [0.15, 0.2) is 106 Å². The fraction of sp³-hybridized carbons (Fsp3) is 0.206. The number of amides is 2. The van der Waals surface area contributed by atoms with Crippen molar-refractivity contribution in [2.24, 2.45) is 5.10 Å². The van der Waals surface area contributed by atoms with E-state index in [-0.39, 0.29) is 35.9 Å². The molecular formula is C34H32N6O5S. The molecule has 0 fully saturated rings. The molecule has 1 aliphatic heterocycles. The number of carbonyl (C=O) groups is 2. The molecule has 46 heavy (non-hydrogen) atoms. The van der Waals surface area contributed by atoms with Crippen molar-refractivity contribution in [2.45, 2.75) is 31.1 Å². The van der Waals surface area contributed by atoms with Gasteiger partial charge >= 0.3 is 0 Å². The van der Waals surface area contributed by atoms with Gasteiger partial charge in [-0.3, -0.25) is 14.2 Å². The quantitative estimate of drug-likeness (QED) is 0.186. The number of aromatic nitrogens is 3. The number of thioether (sulfide) groups is 1. The van der Waals surface area contributed by atoms with Crippen molar-refractivity contribution in [1.82, 2.24) is 25.1 Å². The molecule has 1 aliphatic rings. The number of carbonyl (C=O) groups excluding carboxylic acids is 2. The molecule has 11 nitrogen and oxygen atoms in total. The summed E-state index contributed by atoms with van der Waals surface area (Å²) >= 11 is 1.24. The maximum absolute atomic E-state index is 13.9. The molecule has 2 aromatic heterocycles. The van der Waals surface area contributed by atoms with E-state index in [2.05, 4.69) is 15.5 Å². The number of methoxy groups -OCH3 is 2. The van der Waals surface area contributed by atoms with E-state index in [1.165, 1.54) is 18.0 Å².